The number of fused-ring (bicyclic) bond motifs is 4. The van der Waals surface area contributed by atoms with Crippen molar-refractivity contribution in [3.05, 3.63) is 187 Å². The molecular formula is C47H29N5O2. The fourth-order valence-electron chi connectivity index (χ4n) is 7.50. The number of para-hydroxylation sites is 2. The first-order chi connectivity index (χ1) is 26.6. The van der Waals surface area contributed by atoms with Crippen molar-refractivity contribution in [1.29, 1.82) is 0 Å². The highest BCUT2D eigenvalue weighted by molar-refractivity contribution is 6.36. The molecule has 2 aromatic heterocycles. The topological polar surface area (TPSA) is 81.0 Å². The van der Waals surface area contributed by atoms with Crippen molar-refractivity contribution in [2.75, 3.05) is 4.90 Å². The summed E-state index contributed by atoms with van der Waals surface area (Å²) in [6.45, 7) is 0. The van der Waals surface area contributed by atoms with E-state index in [1.165, 1.54) is 4.90 Å². The van der Waals surface area contributed by atoms with Crippen LogP contribution >= 0.6 is 0 Å². The predicted octanol–water partition coefficient (Wildman–Crippen LogP) is 10.4. The van der Waals surface area contributed by atoms with Crippen molar-refractivity contribution in [1.82, 2.24) is 19.5 Å². The first-order valence-electron chi connectivity index (χ1n) is 17.7. The summed E-state index contributed by atoms with van der Waals surface area (Å²) in [6, 6.07) is 57.0. The average Bonchev–Trinajstić information content (AvgIpc) is 3.72. The third-order valence-electron chi connectivity index (χ3n) is 10.0. The van der Waals surface area contributed by atoms with E-state index in [9.17, 15) is 9.59 Å². The van der Waals surface area contributed by atoms with Gasteiger partial charge in [0.25, 0.3) is 11.8 Å². The van der Waals surface area contributed by atoms with Crippen LogP contribution in [0.25, 0.3) is 72.8 Å². The quantitative estimate of drug-likeness (QED) is 0.162. The van der Waals surface area contributed by atoms with Gasteiger partial charge in [0.05, 0.1) is 33.5 Å². The molecule has 0 fully saturated rings. The van der Waals surface area contributed by atoms with Crippen LogP contribution in [0.5, 0.6) is 0 Å². The molecule has 0 N–H and O–H groups in total. The third kappa shape index (κ3) is 5.02. The number of carbonyl (C=O) groups excluding carboxylic acids is 2. The fraction of sp³-hybridized carbons (Fsp3) is 0. The standard InChI is InChI=1S/C47H29N5O2/c53-46-37-22-13-25-40(41(37)47(54)51(46)34-28-26-31(27-29-34)30-14-4-1-5-15-30)52-39-24-11-10-20-35(39)36-21-12-23-38(42(36)52)45-49-43(32-16-6-2-7-17-32)48-44(50-45)33-18-8-3-9-19-33/h1-29H. The van der Waals surface area contributed by atoms with Crippen LogP contribution in [-0.4, -0.2) is 31.3 Å². The van der Waals surface area contributed by atoms with Crippen LogP contribution in [0, 0.1) is 0 Å². The molecule has 0 saturated carbocycles. The molecule has 0 bridgehead atoms. The Hall–Kier alpha value is -7.51. The zero-order valence-electron chi connectivity index (χ0n) is 28.8. The molecule has 0 unspecified atom stereocenters. The molecule has 10 rings (SSSR count). The second-order valence-electron chi connectivity index (χ2n) is 13.2. The molecule has 3 heterocycles. The maximum absolute atomic E-state index is 14.6. The predicted molar refractivity (Wildman–Crippen MR) is 213 cm³/mol. The van der Waals surface area contributed by atoms with Crippen LogP contribution < -0.4 is 4.90 Å². The minimum absolute atomic E-state index is 0.345. The largest absolute Gasteiger partial charge is 0.308 e. The average molecular weight is 696 g/mol. The van der Waals surface area contributed by atoms with Gasteiger partial charge in [-0.3, -0.25) is 9.59 Å². The van der Waals surface area contributed by atoms with Gasteiger partial charge in [0.15, 0.2) is 17.5 Å². The summed E-state index contributed by atoms with van der Waals surface area (Å²) in [4.78, 5) is 45.0. The second kappa shape index (κ2) is 12.6. The SMILES string of the molecule is O=C1c2cccc(-n3c4ccccc4c4cccc(-c5nc(-c6ccccc6)nc(-c6ccccc6)n5)c43)c2C(=O)N1c1ccc(-c2ccccc2)cc1. The maximum Gasteiger partial charge on any atom is 0.268 e. The smallest absolute Gasteiger partial charge is 0.268 e. The van der Waals surface area contributed by atoms with Crippen molar-refractivity contribution in [2.24, 2.45) is 0 Å². The molecule has 254 valence electrons. The number of benzene rings is 7. The molecule has 0 saturated heterocycles. The third-order valence-corrected chi connectivity index (χ3v) is 10.0. The summed E-state index contributed by atoms with van der Waals surface area (Å²) in [5.74, 6) is 0.860. The Morgan fingerprint density at radius 1 is 0.389 bits per heavy atom. The zero-order valence-corrected chi connectivity index (χ0v) is 28.8. The lowest BCUT2D eigenvalue weighted by atomic mass is 10.1. The van der Waals surface area contributed by atoms with Crippen LogP contribution in [0.2, 0.25) is 0 Å². The fourth-order valence-corrected chi connectivity index (χ4v) is 7.50. The number of hydrogen-bond donors (Lipinski definition) is 0. The molecule has 9 aromatic rings. The number of aromatic nitrogens is 4. The van der Waals surface area contributed by atoms with Crippen molar-refractivity contribution in [3.8, 4) is 51.0 Å². The van der Waals surface area contributed by atoms with Gasteiger partial charge in [0.2, 0.25) is 0 Å². The van der Waals surface area contributed by atoms with Gasteiger partial charge in [-0.15, -0.1) is 0 Å². The lowest BCUT2D eigenvalue weighted by Crippen LogP contribution is -2.29. The van der Waals surface area contributed by atoms with E-state index in [4.69, 9.17) is 15.0 Å². The Balaban J connectivity index is 1.18. The molecule has 0 spiro atoms. The van der Waals surface area contributed by atoms with Crippen molar-refractivity contribution in [2.45, 2.75) is 0 Å². The second-order valence-corrected chi connectivity index (χ2v) is 13.2. The number of rotatable bonds is 6. The van der Waals surface area contributed by atoms with E-state index < -0.39 is 0 Å². The monoisotopic (exact) mass is 695 g/mol. The van der Waals surface area contributed by atoms with Crippen molar-refractivity contribution >= 4 is 39.3 Å². The Morgan fingerprint density at radius 3 is 1.57 bits per heavy atom. The molecule has 54 heavy (non-hydrogen) atoms. The van der Waals surface area contributed by atoms with E-state index in [1.807, 2.05) is 158 Å². The number of hydrogen-bond acceptors (Lipinski definition) is 5. The molecule has 2 amide bonds. The maximum atomic E-state index is 14.6. The van der Waals surface area contributed by atoms with Gasteiger partial charge in [-0.2, -0.15) is 0 Å². The Labute approximate surface area is 310 Å². The van der Waals surface area contributed by atoms with Crippen molar-refractivity contribution < 1.29 is 9.59 Å². The lowest BCUT2D eigenvalue weighted by molar-refractivity contribution is 0.0926. The summed E-state index contributed by atoms with van der Waals surface area (Å²) in [5.41, 5.74) is 8.09. The number of carbonyl (C=O) groups is 2. The molecule has 1 aliphatic heterocycles. The number of anilines is 1. The van der Waals surface area contributed by atoms with Crippen molar-refractivity contribution in [3.63, 3.8) is 0 Å². The number of amides is 2. The summed E-state index contributed by atoms with van der Waals surface area (Å²) in [7, 11) is 0. The molecule has 0 atom stereocenters. The molecule has 0 aliphatic carbocycles. The molecule has 0 radical (unpaired) electrons. The first kappa shape index (κ1) is 31.2. The summed E-state index contributed by atoms with van der Waals surface area (Å²) >= 11 is 0. The first-order valence-corrected chi connectivity index (χ1v) is 17.7. The minimum Gasteiger partial charge on any atom is -0.308 e. The van der Waals surface area contributed by atoms with Gasteiger partial charge in [0.1, 0.15) is 0 Å². The van der Waals surface area contributed by atoms with E-state index in [-0.39, 0.29) is 11.8 Å². The van der Waals surface area contributed by atoms with Gasteiger partial charge in [-0.05, 0) is 47.5 Å². The molecule has 7 nitrogen and oxygen atoms in total. The highest BCUT2D eigenvalue weighted by Crippen LogP contribution is 2.41. The van der Waals surface area contributed by atoms with Gasteiger partial charge < -0.3 is 4.57 Å². The van der Waals surface area contributed by atoms with Crippen LogP contribution in [0.1, 0.15) is 20.7 Å². The van der Waals surface area contributed by atoms with E-state index in [0.717, 1.165) is 49.6 Å². The molecular weight excluding hydrogens is 667 g/mol. The van der Waals surface area contributed by atoms with E-state index >= 15 is 0 Å². The van der Waals surface area contributed by atoms with Gasteiger partial charge in [0, 0.05) is 27.5 Å². The molecule has 7 heteroatoms. The van der Waals surface area contributed by atoms with E-state index in [0.29, 0.717) is 40.0 Å². The normalized spacial score (nSPS) is 12.5. The highest BCUT2D eigenvalue weighted by atomic mass is 16.2. The Morgan fingerprint density at radius 2 is 0.907 bits per heavy atom. The lowest BCUT2D eigenvalue weighted by Gasteiger charge is -2.16. The zero-order chi connectivity index (χ0) is 36.2. The molecule has 1 aliphatic rings. The van der Waals surface area contributed by atoms with E-state index in [1.54, 1.807) is 6.07 Å². The summed E-state index contributed by atoms with van der Waals surface area (Å²) < 4.78 is 2.08. The van der Waals surface area contributed by atoms with Gasteiger partial charge >= 0.3 is 0 Å². The van der Waals surface area contributed by atoms with Crippen LogP contribution in [0.3, 0.4) is 0 Å². The van der Waals surface area contributed by atoms with Crippen LogP contribution in [0.4, 0.5) is 5.69 Å². The van der Waals surface area contributed by atoms with Gasteiger partial charge in [-0.25, -0.2) is 19.9 Å². The van der Waals surface area contributed by atoms with Crippen LogP contribution in [0.15, 0.2) is 176 Å². The minimum atomic E-state index is -0.376. The Bertz CT molecular complexity index is 2850. The molecule has 7 aromatic carbocycles. The van der Waals surface area contributed by atoms with Crippen LogP contribution in [-0.2, 0) is 0 Å². The Kier molecular flexibility index (Phi) is 7.30. The van der Waals surface area contributed by atoms with E-state index in [2.05, 4.69) is 16.7 Å². The summed E-state index contributed by atoms with van der Waals surface area (Å²) in [6.07, 6.45) is 0. The summed E-state index contributed by atoms with van der Waals surface area (Å²) in [5, 5.41) is 1.96. The van der Waals surface area contributed by atoms with Gasteiger partial charge in [-0.1, -0.05) is 140 Å². The number of nitrogens with zero attached hydrogens (tertiary/aromatic N) is 5. The highest BCUT2D eigenvalue weighted by Gasteiger charge is 2.39. The number of imide groups is 1.